The second-order valence-electron chi connectivity index (χ2n) is 4.74. The van der Waals surface area contributed by atoms with E-state index in [9.17, 15) is 8.42 Å². The van der Waals surface area contributed by atoms with Crippen molar-refractivity contribution in [2.45, 2.75) is 26.3 Å². The van der Waals surface area contributed by atoms with E-state index in [2.05, 4.69) is 0 Å². The second-order valence-corrected chi connectivity index (χ2v) is 7.21. The Morgan fingerprint density at radius 2 is 2.05 bits per heavy atom. The number of nitrogens with two attached hydrogens (primary N) is 1. The van der Waals surface area contributed by atoms with Gasteiger partial charge in [0.2, 0.25) is 0 Å². The fourth-order valence-electron chi connectivity index (χ4n) is 1.73. The van der Waals surface area contributed by atoms with Crippen molar-refractivity contribution in [1.82, 2.24) is 0 Å². The highest BCUT2D eigenvalue weighted by atomic mass is 32.2. The maximum Gasteiger partial charge on any atom is 0.153 e. The largest absolute Gasteiger partial charge is 0.497 e. The van der Waals surface area contributed by atoms with E-state index in [1.165, 1.54) is 0 Å². The Morgan fingerprint density at radius 3 is 2.60 bits per heavy atom. The Hall–Kier alpha value is -1.27. The summed E-state index contributed by atoms with van der Waals surface area (Å²) in [7, 11) is -1.45. The Morgan fingerprint density at radius 1 is 1.35 bits per heavy atom. The normalized spacial score (nSPS) is 13.0. The fraction of sp³-hybridized carbons (Fsp3) is 0.571. The summed E-state index contributed by atoms with van der Waals surface area (Å²) in [6.45, 7) is 3.67. The summed E-state index contributed by atoms with van der Waals surface area (Å²) < 4.78 is 33.7. The maximum absolute atomic E-state index is 11.5. The Kier molecular flexibility index (Phi) is 6.29. The van der Waals surface area contributed by atoms with Crippen LogP contribution in [-0.4, -0.2) is 39.7 Å². The number of sulfone groups is 1. The van der Waals surface area contributed by atoms with Crippen LogP contribution in [0.5, 0.6) is 11.5 Å². The van der Waals surface area contributed by atoms with Gasteiger partial charge in [0.1, 0.15) is 18.1 Å². The minimum atomic E-state index is -3.02. The summed E-state index contributed by atoms with van der Waals surface area (Å²) in [6.07, 6.45) is 0.667. The minimum absolute atomic E-state index is 0.00474. The molecule has 1 aromatic rings. The summed E-state index contributed by atoms with van der Waals surface area (Å²) in [5.41, 5.74) is 6.75. The van der Waals surface area contributed by atoms with Crippen LogP contribution in [0.3, 0.4) is 0 Å². The molecule has 114 valence electrons. The van der Waals surface area contributed by atoms with Crippen molar-refractivity contribution in [3.63, 3.8) is 0 Å². The maximum atomic E-state index is 11.5. The fourth-order valence-corrected chi connectivity index (χ4v) is 2.36. The first-order valence-electron chi connectivity index (χ1n) is 6.63. The molecular formula is C14H23NO4S. The third kappa shape index (κ3) is 5.38. The molecule has 0 aliphatic rings. The van der Waals surface area contributed by atoms with Gasteiger partial charge in [-0.25, -0.2) is 8.42 Å². The van der Waals surface area contributed by atoms with Gasteiger partial charge in [0.15, 0.2) is 9.84 Å². The van der Waals surface area contributed by atoms with Crippen molar-refractivity contribution < 1.29 is 17.9 Å². The Labute approximate surface area is 121 Å². The molecule has 5 nitrogen and oxygen atoms in total. The van der Waals surface area contributed by atoms with Crippen LogP contribution in [0.1, 0.15) is 19.4 Å². The lowest BCUT2D eigenvalue weighted by Crippen LogP contribution is -2.19. The lowest BCUT2D eigenvalue weighted by molar-refractivity contribution is 0.332. The van der Waals surface area contributed by atoms with E-state index in [1.807, 2.05) is 19.1 Å². The molecule has 1 unspecified atom stereocenters. The van der Waals surface area contributed by atoms with E-state index in [-0.39, 0.29) is 24.2 Å². The van der Waals surface area contributed by atoms with Gasteiger partial charge < -0.3 is 15.2 Å². The van der Waals surface area contributed by atoms with E-state index in [4.69, 9.17) is 15.2 Å². The molecule has 0 bridgehead atoms. The van der Waals surface area contributed by atoms with Crippen LogP contribution in [0.2, 0.25) is 0 Å². The SMILES string of the molecule is CCS(=O)(=O)CCOc1cc(OC)ccc1CC(C)N. The number of hydrogen-bond donors (Lipinski definition) is 1. The van der Waals surface area contributed by atoms with Crippen molar-refractivity contribution in [2.75, 3.05) is 25.2 Å². The first kappa shape index (κ1) is 16.8. The van der Waals surface area contributed by atoms with E-state index in [1.54, 1.807) is 20.1 Å². The molecule has 20 heavy (non-hydrogen) atoms. The van der Waals surface area contributed by atoms with Crippen molar-refractivity contribution in [3.05, 3.63) is 23.8 Å². The summed E-state index contributed by atoms with van der Waals surface area (Å²) in [5, 5.41) is 0. The van der Waals surface area contributed by atoms with Gasteiger partial charge in [-0.2, -0.15) is 0 Å². The molecule has 0 saturated heterocycles. The molecule has 0 fully saturated rings. The molecule has 0 aliphatic heterocycles. The third-order valence-electron chi connectivity index (χ3n) is 2.91. The van der Waals surface area contributed by atoms with Gasteiger partial charge >= 0.3 is 0 Å². The van der Waals surface area contributed by atoms with Gasteiger partial charge in [0.05, 0.1) is 12.9 Å². The van der Waals surface area contributed by atoms with Crippen LogP contribution in [0.15, 0.2) is 18.2 Å². The van der Waals surface area contributed by atoms with Crippen LogP contribution >= 0.6 is 0 Å². The summed E-state index contributed by atoms with van der Waals surface area (Å²) in [4.78, 5) is 0. The average molecular weight is 301 g/mol. The van der Waals surface area contributed by atoms with Crippen LogP contribution in [0.4, 0.5) is 0 Å². The molecule has 0 amide bonds. The van der Waals surface area contributed by atoms with Crippen LogP contribution in [0.25, 0.3) is 0 Å². The summed E-state index contributed by atoms with van der Waals surface area (Å²) in [6, 6.07) is 5.50. The third-order valence-corrected chi connectivity index (χ3v) is 4.58. The Bertz CT molecular complexity index is 526. The molecule has 0 spiro atoms. The molecule has 1 atom stereocenters. The van der Waals surface area contributed by atoms with E-state index >= 15 is 0 Å². The van der Waals surface area contributed by atoms with E-state index in [0.717, 1.165) is 5.56 Å². The van der Waals surface area contributed by atoms with Crippen molar-refractivity contribution >= 4 is 9.84 Å². The van der Waals surface area contributed by atoms with E-state index < -0.39 is 9.84 Å². The van der Waals surface area contributed by atoms with E-state index in [0.29, 0.717) is 17.9 Å². The molecule has 0 saturated carbocycles. The second kappa shape index (κ2) is 7.50. The molecule has 0 aromatic heterocycles. The summed E-state index contributed by atoms with van der Waals surface area (Å²) >= 11 is 0. The highest BCUT2D eigenvalue weighted by Crippen LogP contribution is 2.25. The monoisotopic (exact) mass is 301 g/mol. The zero-order valence-corrected chi connectivity index (χ0v) is 13.1. The van der Waals surface area contributed by atoms with Gasteiger partial charge in [0.25, 0.3) is 0 Å². The Balaban J connectivity index is 2.79. The number of benzene rings is 1. The average Bonchev–Trinajstić information content (AvgIpc) is 2.39. The molecule has 1 aromatic carbocycles. The number of rotatable bonds is 8. The van der Waals surface area contributed by atoms with Crippen LogP contribution in [-0.2, 0) is 16.3 Å². The lowest BCUT2D eigenvalue weighted by atomic mass is 10.1. The summed E-state index contributed by atoms with van der Waals surface area (Å²) in [5.74, 6) is 1.44. The molecule has 0 heterocycles. The standard InChI is InChI=1S/C14H23NO4S/c1-4-20(16,17)8-7-19-14-10-13(18-3)6-5-12(14)9-11(2)15/h5-6,10-11H,4,7-9,15H2,1-3H3. The van der Waals surface area contributed by atoms with Gasteiger partial charge in [-0.05, 0) is 25.0 Å². The molecule has 2 N–H and O–H groups in total. The van der Waals surface area contributed by atoms with Crippen molar-refractivity contribution in [2.24, 2.45) is 5.73 Å². The smallest absolute Gasteiger partial charge is 0.153 e. The number of hydrogen-bond acceptors (Lipinski definition) is 5. The molecule has 1 rings (SSSR count). The molecular weight excluding hydrogens is 278 g/mol. The van der Waals surface area contributed by atoms with Gasteiger partial charge in [0, 0.05) is 17.9 Å². The van der Waals surface area contributed by atoms with Gasteiger partial charge in [-0.3, -0.25) is 0 Å². The van der Waals surface area contributed by atoms with Gasteiger partial charge in [-0.15, -0.1) is 0 Å². The molecule has 0 radical (unpaired) electrons. The highest BCUT2D eigenvalue weighted by Gasteiger charge is 2.11. The predicted molar refractivity (Wildman–Crippen MR) is 80.2 cm³/mol. The first-order valence-corrected chi connectivity index (χ1v) is 8.45. The number of methoxy groups -OCH3 is 1. The van der Waals surface area contributed by atoms with Crippen molar-refractivity contribution in [1.29, 1.82) is 0 Å². The van der Waals surface area contributed by atoms with Crippen molar-refractivity contribution in [3.8, 4) is 11.5 Å². The minimum Gasteiger partial charge on any atom is -0.497 e. The lowest BCUT2D eigenvalue weighted by Gasteiger charge is -2.14. The first-order chi connectivity index (χ1) is 9.38. The highest BCUT2D eigenvalue weighted by molar-refractivity contribution is 7.91. The predicted octanol–water partition coefficient (Wildman–Crippen LogP) is 1.40. The molecule has 0 aliphatic carbocycles. The topological polar surface area (TPSA) is 78.6 Å². The number of ether oxygens (including phenoxy) is 2. The van der Waals surface area contributed by atoms with Crippen LogP contribution < -0.4 is 15.2 Å². The zero-order chi connectivity index (χ0) is 15.2. The quantitative estimate of drug-likeness (QED) is 0.785. The molecule has 6 heteroatoms. The van der Waals surface area contributed by atoms with Crippen LogP contribution in [0, 0.1) is 0 Å². The van der Waals surface area contributed by atoms with Gasteiger partial charge in [-0.1, -0.05) is 13.0 Å². The zero-order valence-electron chi connectivity index (χ0n) is 12.3.